The third-order valence-electron chi connectivity index (χ3n) is 5.52. The van der Waals surface area contributed by atoms with Crippen LogP contribution in [0.25, 0.3) is 0 Å². The predicted molar refractivity (Wildman–Crippen MR) is 122 cm³/mol. The molecule has 0 spiro atoms. The highest BCUT2D eigenvalue weighted by Crippen LogP contribution is 2.24. The molecule has 0 radical (unpaired) electrons. The molecule has 1 unspecified atom stereocenters. The lowest BCUT2D eigenvalue weighted by atomic mass is 9.87. The van der Waals surface area contributed by atoms with E-state index < -0.39 is 0 Å². The van der Waals surface area contributed by atoms with Crippen LogP contribution in [0.15, 0.2) is 30.5 Å². The van der Waals surface area contributed by atoms with Crippen molar-refractivity contribution < 1.29 is 9.59 Å². The van der Waals surface area contributed by atoms with Gasteiger partial charge in [0.1, 0.15) is 0 Å². The molecule has 1 saturated heterocycles. The van der Waals surface area contributed by atoms with Gasteiger partial charge in [-0.2, -0.15) is 0 Å². The number of hydrogen-bond donors (Lipinski definition) is 2. The molecule has 2 heterocycles. The van der Waals surface area contributed by atoms with Crippen LogP contribution in [0.3, 0.4) is 0 Å². The Morgan fingerprint density at radius 2 is 1.93 bits per heavy atom. The van der Waals surface area contributed by atoms with E-state index >= 15 is 0 Å². The first-order chi connectivity index (χ1) is 14.2. The van der Waals surface area contributed by atoms with E-state index in [1.807, 2.05) is 18.3 Å². The lowest BCUT2D eigenvalue weighted by Gasteiger charge is -2.32. The normalized spacial score (nSPS) is 17.5. The van der Waals surface area contributed by atoms with Crippen molar-refractivity contribution in [1.82, 2.24) is 15.2 Å². The molecule has 3 rings (SSSR count). The summed E-state index contributed by atoms with van der Waals surface area (Å²) in [5, 5.41) is 6.03. The summed E-state index contributed by atoms with van der Waals surface area (Å²) in [6, 6.07) is 8.09. The summed E-state index contributed by atoms with van der Waals surface area (Å²) in [6.07, 6.45) is 5.61. The molecule has 7 heteroatoms. The van der Waals surface area contributed by atoms with Crippen LogP contribution >= 0.6 is 11.3 Å². The first kappa shape index (κ1) is 22.4. The molecule has 2 aromatic rings. The summed E-state index contributed by atoms with van der Waals surface area (Å²) < 4.78 is 0. The zero-order valence-corrected chi connectivity index (χ0v) is 19.1. The minimum Gasteiger partial charge on any atom is -0.343 e. The van der Waals surface area contributed by atoms with Crippen molar-refractivity contribution >= 4 is 28.3 Å². The van der Waals surface area contributed by atoms with Gasteiger partial charge in [0.2, 0.25) is 5.91 Å². The lowest BCUT2D eigenvalue weighted by Crippen LogP contribution is -2.36. The Morgan fingerprint density at radius 3 is 2.60 bits per heavy atom. The maximum Gasteiger partial charge on any atom is 0.251 e. The molecule has 1 aromatic carbocycles. The Bertz CT molecular complexity index is 870. The zero-order chi connectivity index (χ0) is 21.7. The van der Waals surface area contributed by atoms with Gasteiger partial charge in [0.05, 0.1) is 6.54 Å². The second-order valence-corrected chi connectivity index (χ2v) is 10.1. The van der Waals surface area contributed by atoms with Gasteiger partial charge in [-0.1, -0.05) is 39.3 Å². The fraction of sp³-hybridized carbons (Fsp3) is 0.522. The Kier molecular flexibility index (Phi) is 7.26. The second kappa shape index (κ2) is 9.71. The van der Waals surface area contributed by atoms with Gasteiger partial charge >= 0.3 is 0 Å². The fourth-order valence-electron chi connectivity index (χ4n) is 3.58. The third kappa shape index (κ3) is 6.12. The maximum absolute atomic E-state index is 12.3. The Morgan fingerprint density at radius 1 is 1.20 bits per heavy atom. The highest BCUT2D eigenvalue weighted by molar-refractivity contribution is 7.15. The lowest BCUT2D eigenvalue weighted by molar-refractivity contribution is -0.115. The molecule has 0 bridgehead atoms. The van der Waals surface area contributed by atoms with Crippen molar-refractivity contribution in [3.8, 4) is 0 Å². The van der Waals surface area contributed by atoms with Gasteiger partial charge in [-0.25, -0.2) is 4.98 Å². The van der Waals surface area contributed by atoms with Gasteiger partial charge < -0.3 is 10.6 Å². The molecule has 1 aliphatic heterocycles. The maximum atomic E-state index is 12.3. The Labute approximate surface area is 183 Å². The quantitative estimate of drug-likeness (QED) is 0.724. The average molecular weight is 429 g/mol. The molecule has 1 aromatic heterocycles. The predicted octanol–water partition coefficient (Wildman–Crippen LogP) is 4.18. The average Bonchev–Trinajstić information content (AvgIpc) is 3.14. The van der Waals surface area contributed by atoms with Gasteiger partial charge in [-0.15, -0.1) is 11.3 Å². The number of aromatic nitrogens is 1. The van der Waals surface area contributed by atoms with Crippen LogP contribution in [0.1, 0.15) is 67.8 Å². The molecule has 1 atom stereocenters. The number of hydrogen-bond acceptors (Lipinski definition) is 5. The van der Waals surface area contributed by atoms with Gasteiger partial charge in [0, 0.05) is 29.2 Å². The number of likely N-dealkylation sites (tertiary alicyclic amines) is 1. The van der Waals surface area contributed by atoms with Crippen molar-refractivity contribution in [3.05, 3.63) is 46.5 Å². The van der Waals surface area contributed by atoms with E-state index in [0.717, 1.165) is 23.5 Å². The van der Waals surface area contributed by atoms with Crippen molar-refractivity contribution in [2.75, 3.05) is 18.4 Å². The van der Waals surface area contributed by atoms with Crippen LogP contribution in [0.2, 0.25) is 0 Å². The van der Waals surface area contributed by atoms with Crippen molar-refractivity contribution in [2.45, 2.75) is 65.0 Å². The molecular weight excluding hydrogens is 396 g/mol. The number of amides is 2. The fourth-order valence-corrected chi connectivity index (χ4v) is 4.43. The minimum atomic E-state index is -0.276. The summed E-state index contributed by atoms with van der Waals surface area (Å²) in [5.74, 6) is -0.536. The largest absolute Gasteiger partial charge is 0.343 e. The van der Waals surface area contributed by atoms with Gasteiger partial charge in [0.25, 0.3) is 5.91 Å². The van der Waals surface area contributed by atoms with Crippen LogP contribution in [0, 0.1) is 0 Å². The molecule has 2 amide bonds. The summed E-state index contributed by atoms with van der Waals surface area (Å²) in [5.41, 5.74) is 1.74. The second-order valence-electron chi connectivity index (χ2n) is 9.01. The molecule has 1 fully saturated rings. The first-order valence-corrected chi connectivity index (χ1v) is 11.4. The standard InChI is InChI=1S/C23H32N4O2S/c1-16-7-5-6-12-27(16)15-19-13-25-22(30-19)26-20(28)14-24-21(29)17-8-10-18(11-9-17)23(2,3)4/h8-11,13,16H,5-7,12,14-15H2,1-4H3,(H,24,29)(H,25,26,28). The number of anilines is 1. The number of rotatable bonds is 6. The number of nitrogens with zero attached hydrogens (tertiary/aromatic N) is 2. The number of carbonyl (C=O) groups is 2. The summed E-state index contributed by atoms with van der Waals surface area (Å²) in [7, 11) is 0. The molecule has 0 saturated carbocycles. The highest BCUT2D eigenvalue weighted by atomic mass is 32.1. The van der Waals surface area contributed by atoms with Crippen LogP contribution in [-0.2, 0) is 16.8 Å². The van der Waals surface area contributed by atoms with E-state index in [2.05, 4.69) is 48.2 Å². The molecular formula is C23H32N4O2S. The Balaban J connectivity index is 1.46. The number of piperidine rings is 1. The van der Waals surface area contributed by atoms with Crippen LogP contribution in [0.4, 0.5) is 5.13 Å². The molecule has 162 valence electrons. The van der Waals surface area contributed by atoms with Crippen molar-refractivity contribution in [3.63, 3.8) is 0 Å². The number of carbonyl (C=O) groups excluding carboxylic acids is 2. The highest BCUT2D eigenvalue weighted by Gasteiger charge is 2.19. The molecule has 30 heavy (non-hydrogen) atoms. The topological polar surface area (TPSA) is 74.3 Å². The zero-order valence-electron chi connectivity index (χ0n) is 18.3. The smallest absolute Gasteiger partial charge is 0.251 e. The molecule has 6 nitrogen and oxygen atoms in total. The number of thiazole rings is 1. The Hall–Kier alpha value is -2.25. The van der Waals surface area contributed by atoms with Crippen molar-refractivity contribution in [2.24, 2.45) is 0 Å². The number of nitrogens with one attached hydrogen (secondary N) is 2. The van der Waals surface area contributed by atoms with E-state index in [4.69, 9.17) is 0 Å². The SMILES string of the molecule is CC1CCCCN1Cc1cnc(NC(=O)CNC(=O)c2ccc(C(C)(C)C)cc2)s1. The van der Waals surface area contributed by atoms with Crippen LogP contribution in [0.5, 0.6) is 0 Å². The monoisotopic (exact) mass is 428 g/mol. The van der Waals surface area contributed by atoms with Crippen LogP contribution in [-0.4, -0.2) is 40.8 Å². The minimum absolute atomic E-state index is 0.0352. The van der Waals surface area contributed by atoms with E-state index in [-0.39, 0.29) is 23.8 Å². The van der Waals surface area contributed by atoms with Crippen molar-refractivity contribution in [1.29, 1.82) is 0 Å². The van der Waals surface area contributed by atoms with E-state index in [9.17, 15) is 9.59 Å². The summed E-state index contributed by atoms with van der Waals surface area (Å²) in [6.45, 7) is 10.6. The van der Waals surface area contributed by atoms with Gasteiger partial charge in [0.15, 0.2) is 5.13 Å². The van der Waals surface area contributed by atoms with E-state index in [1.165, 1.54) is 30.6 Å². The molecule has 2 N–H and O–H groups in total. The molecule has 1 aliphatic rings. The molecule has 0 aliphatic carbocycles. The van der Waals surface area contributed by atoms with E-state index in [0.29, 0.717) is 16.7 Å². The van der Waals surface area contributed by atoms with Gasteiger partial charge in [-0.05, 0) is 49.4 Å². The van der Waals surface area contributed by atoms with E-state index in [1.54, 1.807) is 12.1 Å². The summed E-state index contributed by atoms with van der Waals surface area (Å²) >= 11 is 1.49. The van der Waals surface area contributed by atoms with Gasteiger partial charge in [-0.3, -0.25) is 14.5 Å². The first-order valence-electron chi connectivity index (χ1n) is 10.6. The summed E-state index contributed by atoms with van der Waals surface area (Å²) in [4.78, 5) is 32.4. The number of benzene rings is 1. The van der Waals surface area contributed by atoms with Crippen LogP contribution < -0.4 is 10.6 Å². The third-order valence-corrected chi connectivity index (χ3v) is 6.42.